The Morgan fingerprint density at radius 3 is 2.04 bits per heavy atom. The molecule has 4 aliphatic rings. The molecule has 0 amide bonds. The first kappa shape index (κ1) is 17.6. The van der Waals surface area contributed by atoms with E-state index in [2.05, 4.69) is 4.18 Å². The molecule has 5 rings (SSSR count). The summed E-state index contributed by atoms with van der Waals surface area (Å²) in [6.07, 6.45) is -1.41. The van der Waals surface area contributed by atoms with Crippen molar-refractivity contribution in [1.82, 2.24) is 0 Å². The molecule has 6 atom stereocenters. The topological polar surface area (TPSA) is 95.7 Å². The molecule has 0 N–H and O–H groups in total. The van der Waals surface area contributed by atoms with Crippen LogP contribution in [0.2, 0.25) is 0 Å². The van der Waals surface area contributed by atoms with Gasteiger partial charge >= 0.3 is 10.4 Å². The first-order valence-electron chi connectivity index (χ1n) is 7.69. The van der Waals surface area contributed by atoms with E-state index < -0.39 is 85.5 Å². The predicted octanol–water partition coefficient (Wildman–Crippen LogP) is 2.00. The maximum Gasteiger partial charge on any atom is 0.400 e. The van der Waals surface area contributed by atoms with Gasteiger partial charge in [-0.3, -0.25) is 10.1 Å². The largest absolute Gasteiger partial charge is 0.400 e. The third-order valence-electron chi connectivity index (χ3n) is 5.37. The minimum absolute atomic E-state index is 0.269. The molecule has 4 aliphatic carbocycles. The number of benzene rings is 1. The van der Waals surface area contributed by atoms with Gasteiger partial charge in [-0.1, -0.05) is 0 Å². The highest BCUT2D eigenvalue weighted by Crippen LogP contribution is 2.74. The molecule has 4 unspecified atom stereocenters. The van der Waals surface area contributed by atoms with Crippen LogP contribution in [0.1, 0.15) is 29.9 Å². The Morgan fingerprint density at radius 1 is 1.00 bits per heavy atom. The van der Waals surface area contributed by atoms with Crippen molar-refractivity contribution < 1.29 is 39.3 Å². The van der Waals surface area contributed by atoms with Crippen LogP contribution in [-0.2, 0) is 18.8 Å². The molecule has 1 aromatic rings. The van der Waals surface area contributed by atoms with Crippen LogP contribution in [0.15, 0.2) is 0 Å². The third kappa shape index (κ3) is 2.09. The highest BCUT2D eigenvalue weighted by atomic mass is 32.3. The summed E-state index contributed by atoms with van der Waals surface area (Å²) in [6, 6.07) is -1.49. The summed E-state index contributed by atoms with van der Waals surface area (Å²) in [4.78, 5) is 10.7. The van der Waals surface area contributed by atoms with Crippen molar-refractivity contribution in [3.05, 3.63) is 44.5 Å². The molecule has 142 valence electrons. The van der Waals surface area contributed by atoms with E-state index in [0.29, 0.717) is 0 Å². The van der Waals surface area contributed by atoms with E-state index in [1.54, 1.807) is 0 Å². The monoisotopic (exact) mass is 397 g/mol. The Bertz CT molecular complexity index is 938. The number of halogens is 4. The molecule has 26 heavy (non-hydrogen) atoms. The lowest BCUT2D eigenvalue weighted by atomic mass is 9.75. The van der Waals surface area contributed by atoms with Crippen molar-refractivity contribution in [2.45, 2.75) is 30.9 Å². The average Bonchev–Trinajstić information content (AvgIpc) is 3.21. The van der Waals surface area contributed by atoms with Crippen molar-refractivity contribution >= 4 is 10.4 Å². The first-order chi connectivity index (χ1) is 12.1. The summed E-state index contributed by atoms with van der Waals surface area (Å²) in [7, 11) is -4.54. The minimum atomic E-state index is -4.54. The first-order valence-corrected chi connectivity index (χ1v) is 9.02. The van der Waals surface area contributed by atoms with Gasteiger partial charge < -0.3 is 0 Å². The minimum Gasteiger partial charge on any atom is -0.264 e. The summed E-state index contributed by atoms with van der Waals surface area (Å²) in [5.41, 5.74) is -1.19. The molecular weight excluding hydrogens is 386 g/mol. The van der Waals surface area contributed by atoms with Gasteiger partial charge in [0.15, 0.2) is 23.3 Å². The molecule has 0 heterocycles. The Morgan fingerprint density at radius 2 is 1.54 bits per heavy atom. The van der Waals surface area contributed by atoms with Crippen LogP contribution in [0.25, 0.3) is 0 Å². The van der Waals surface area contributed by atoms with E-state index >= 15 is 0 Å². The zero-order chi connectivity index (χ0) is 19.1. The quantitative estimate of drug-likeness (QED) is 0.248. The zero-order valence-corrected chi connectivity index (χ0v) is 13.8. The molecule has 0 saturated heterocycles. The molecule has 0 aromatic heterocycles. The molecule has 0 aliphatic heterocycles. The SMILES string of the molecule is CCOS(=O)(=O)OC1C2C3C([N+](=O)[O-])[C@H]1c1c(F)c(F)c(F)c(F)c1[C@H]23. The smallest absolute Gasteiger partial charge is 0.264 e. The van der Waals surface area contributed by atoms with Crippen LogP contribution in [0, 0.1) is 45.2 Å². The molecule has 2 saturated carbocycles. The normalized spacial score (nSPS) is 33.9. The van der Waals surface area contributed by atoms with Gasteiger partial charge in [-0.05, 0) is 6.92 Å². The Balaban J connectivity index is 1.87. The van der Waals surface area contributed by atoms with Crippen LogP contribution in [0.3, 0.4) is 0 Å². The lowest BCUT2D eigenvalue weighted by Crippen LogP contribution is -2.41. The maximum absolute atomic E-state index is 14.3. The second-order valence-electron chi connectivity index (χ2n) is 6.44. The molecule has 0 radical (unpaired) electrons. The van der Waals surface area contributed by atoms with E-state index in [1.165, 1.54) is 6.92 Å². The Hall–Kier alpha value is -1.79. The number of nitro groups is 1. The van der Waals surface area contributed by atoms with Crippen LogP contribution >= 0.6 is 0 Å². The fourth-order valence-corrected chi connectivity index (χ4v) is 5.50. The van der Waals surface area contributed by atoms with Gasteiger partial charge in [0.25, 0.3) is 0 Å². The van der Waals surface area contributed by atoms with Crippen molar-refractivity contribution in [2.75, 3.05) is 6.61 Å². The van der Waals surface area contributed by atoms with Crippen LogP contribution in [0.5, 0.6) is 0 Å². The number of rotatable bonds is 5. The molecule has 1 aromatic carbocycles. The lowest BCUT2D eigenvalue weighted by Gasteiger charge is -2.33. The van der Waals surface area contributed by atoms with E-state index in [9.17, 15) is 36.1 Å². The predicted molar refractivity (Wildman–Crippen MR) is 74.9 cm³/mol. The zero-order valence-electron chi connectivity index (χ0n) is 13.0. The summed E-state index contributed by atoms with van der Waals surface area (Å²) in [5, 5.41) is 11.4. The maximum atomic E-state index is 14.3. The number of hydrogen-bond donors (Lipinski definition) is 0. The number of nitrogens with zero attached hydrogens (tertiary/aromatic N) is 1. The van der Waals surface area contributed by atoms with Gasteiger partial charge in [-0.15, -0.1) is 0 Å². The Labute approximate surface area is 144 Å². The molecule has 2 fully saturated rings. The van der Waals surface area contributed by atoms with Gasteiger partial charge in [0, 0.05) is 33.8 Å². The summed E-state index contributed by atoms with van der Waals surface area (Å²) < 4.78 is 88.6. The van der Waals surface area contributed by atoms with Crippen molar-refractivity contribution in [2.24, 2.45) is 11.8 Å². The van der Waals surface area contributed by atoms with Gasteiger partial charge in [0.1, 0.15) is 0 Å². The second-order valence-corrected chi connectivity index (χ2v) is 7.69. The van der Waals surface area contributed by atoms with Crippen molar-refractivity contribution in [3.63, 3.8) is 0 Å². The van der Waals surface area contributed by atoms with Crippen LogP contribution < -0.4 is 0 Å². The van der Waals surface area contributed by atoms with E-state index in [1.807, 2.05) is 0 Å². The lowest BCUT2D eigenvalue weighted by molar-refractivity contribution is -0.530. The van der Waals surface area contributed by atoms with E-state index in [-0.39, 0.29) is 6.61 Å². The van der Waals surface area contributed by atoms with Crippen LogP contribution in [-0.4, -0.2) is 32.1 Å². The van der Waals surface area contributed by atoms with Gasteiger partial charge in [0.05, 0.1) is 18.6 Å². The van der Waals surface area contributed by atoms with Gasteiger partial charge in [-0.2, -0.15) is 8.42 Å². The van der Waals surface area contributed by atoms with Crippen molar-refractivity contribution in [1.29, 1.82) is 0 Å². The highest BCUT2D eigenvalue weighted by molar-refractivity contribution is 7.81. The molecule has 12 heteroatoms. The Kier molecular flexibility index (Phi) is 3.63. The average molecular weight is 397 g/mol. The van der Waals surface area contributed by atoms with Crippen molar-refractivity contribution in [3.8, 4) is 0 Å². The summed E-state index contributed by atoms with van der Waals surface area (Å²) >= 11 is 0. The van der Waals surface area contributed by atoms with E-state index in [0.717, 1.165) is 0 Å². The second kappa shape index (κ2) is 5.36. The van der Waals surface area contributed by atoms with Gasteiger partial charge in [-0.25, -0.2) is 25.9 Å². The molecule has 7 nitrogen and oxygen atoms in total. The fourth-order valence-electron chi connectivity index (χ4n) is 4.64. The standard InChI is InChI=1S/C14H11F4NO6S/c1-2-24-26(22,23)25-14-7-3-4-5(8(14)13(6(3)7)19(20)21)10(16)12(18)11(17)9(4)15/h3,6-8,13-14H,2H2,1H3/t3-,6?,7?,8+,13?,14?/m0/s1. The molecule has 4 bridgehead atoms. The summed E-state index contributed by atoms with van der Waals surface area (Å²) in [5.74, 6) is -11.7. The number of hydrogen-bond acceptors (Lipinski definition) is 6. The summed E-state index contributed by atoms with van der Waals surface area (Å²) in [6.45, 7) is 1.10. The fraction of sp³-hybridized carbons (Fsp3) is 0.571. The van der Waals surface area contributed by atoms with Gasteiger partial charge in [0.2, 0.25) is 6.04 Å². The third-order valence-corrected chi connectivity index (χ3v) is 6.35. The molecular formula is C14H11F4NO6S. The highest BCUT2D eigenvalue weighted by Gasteiger charge is 2.79. The van der Waals surface area contributed by atoms with E-state index in [4.69, 9.17) is 4.18 Å². The van der Waals surface area contributed by atoms with Crippen LogP contribution in [0.4, 0.5) is 17.6 Å². The molecule has 0 spiro atoms.